The first kappa shape index (κ1) is 23.9. The molecule has 0 aromatic carbocycles. The van der Waals surface area contributed by atoms with E-state index in [1.807, 2.05) is 39.3 Å². The lowest BCUT2D eigenvalue weighted by molar-refractivity contribution is 0.0389. The van der Waals surface area contributed by atoms with Gasteiger partial charge < -0.3 is 30.0 Å². The Bertz CT molecular complexity index is 692. The van der Waals surface area contributed by atoms with Gasteiger partial charge in [0.1, 0.15) is 18.0 Å². The van der Waals surface area contributed by atoms with E-state index in [1.165, 1.54) is 0 Å². The van der Waals surface area contributed by atoms with Gasteiger partial charge in [-0.15, -0.1) is 10.2 Å². The molecule has 1 amide bonds. The van der Waals surface area contributed by atoms with E-state index in [1.54, 1.807) is 0 Å². The van der Waals surface area contributed by atoms with E-state index in [9.17, 15) is 4.79 Å². The number of guanidine groups is 1. The molecule has 1 fully saturated rings. The normalized spacial score (nSPS) is 15.7. The molecule has 0 unspecified atom stereocenters. The highest BCUT2D eigenvalue weighted by Gasteiger charge is 2.15. The molecule has 1 aromatic heterocycles. The van der Waals surface area contributed by atoms with E-state index in [2.05, 4.69) is 36.0 Å². The lowest BCUT2D eigenvalue weighted by Crippen LogP contribution is -2.46. The Labute approximate surface area is 178 Å². The Hall–Kier alpha value is -2.40. The van der Waals surface area contributed by atoms with Crippen molar-refractivity contribution < 1.29 is 14.3 Å². The van der Waals surface area contributed by atoms with E-state index in [0.717, 1.165) is 51.0 Å². The molecular weight excluding hydrogens is 388 g/mol. The van der Waals surface area contributed by atoms with Gasteiger partial charge >= 0.3 is 6.09 Å². The number of hydrogen-bond donors (Lipinski definition) is 3. The smallest absolute Gasteiger partial charge is 0.407 e. The number of morpholine rings is 1. The zero-order valence-electron chi connectivity index (χ0n) is 18.8. The summed E-state index contributed by atoms with van der Waals surface area (Å²) in [6, 6.07) is 0. The molecule has 11 heteroatoms. The summed E-state index contributed by atoms with van der Waals surface area (Å²) in [6.07, 6.45) is -0.433. The van der Waals surface area contributed by atoms with E-state index in [0.29, 0.717) is 25.6 Å². The van der Waals surface area contributed by atoms with Crippen molar-refractivity contribution in [1.29, 1.82) is 0 Å². The number of carbonyl (C=O) groups is 1. The minimum atomic E-state index is -0.514. The van der Waals surface area contributed by atoms with Gasteiger partial charge in [0, 0.05) is 46.3 Å². The van der Waals surface area contributed by atoms with E-state index < -0.39 is 11.7 Å². The van der Waals surface area contributed by atoms with Crippen LogP contribution < -0.4 is 16.0 Å². The topological polar surface area (TPSA) is 118 Å². The van der Waals surface area contributed by atoms with Crippen LogP contribution in [0, 0.1) is 6.92 Å². The van der Waals surface area contributed by atoms with Gasteiger partial charge in [0.15, 0.2) is 11.8 Å². The molecular formula is C19H36N8O3. The first-order valence-electron chi connectivity index (χ1n) is 10.4. The molecule has 0 saturated carbocycles. The highest BCUT2D eigenvalue weighted by molar-refractivity contribution is 5.79. The standard InChI is InChI=1S/C19H36N8O3/c1-15-24-25-16(26(15)5)14-23-17(21-8-9-27-10-12-29-13-11-27)20-6-7-22-18(28)30-19(2,3)4/h6-14H2,1-5H3,(H,22,28)(H2,20,21,23). The highest BCUT2D eigenvalue weighted by atomic mass is 16.6. The van der Waals surface area contributed by atoms with Crippen molar-refractivity contribution in [3.63, 3.8) is 0 Å². The quantitative estimate of drug-likeness (QED) is 0.304. The number of nitrogens with one attached hydrogen (secondary N) is 3. The fourth-order valence-electron chi connectivity index (χ4n) is 2.73. The van der Waals surface area contributed by atoms with Crippen LogP contribution in [0.2, 0.25) is 0 Å². The summed E-state index contributed by atoms with van der Waals surface area (Å²) >= 11 is 0. The number of hydrogen-bond acceptors (Lipinski definition) is 7. The summed E-state index contributed by atoms with van der Waals surface area (Å²) in [6.45, 7) is 13.9. The summed E-state index contributed by atoms with van der Waals surface area (Å²) in [5, 5.41) is 17.5. The summed E-state index contributed by atoms with van der Waals surface area (Å²) in [7, 11) is 1.92. The second-order valence-electron chi connectivity index (χ2n) is 8.12. The average Bonchev–Trinajstić information content (AvgIpc) is 3.00. The number of aliphatic imine (C=N–C) groups is 1. The minimum absolute atomic E-state index is 0.406. The Balaban J connectivity index is 1.82. The maximum Gasteiger partial charge on any atom is 0.407 e. The highest BCUT2D eigenvalue weighted by Crippen LogP contribution is 2.06. The molecule has 0 atom stereocenters. The molecule has 1 aliphatic heterocycles. The van der Waals surface area contributed by atoms with Gasteiger partial charge in [0.25, 0.3) is 0 Å². The van der Waals surface area contributed by atoms with Crippen molar-refractivity contribution in [2.24, 2.45) is 12.0 Å². The maximum absolute atomic E-state index is 11.8. The zero-order chi connectivity index (χ0) is 22.0. The summed E-state index contributed by atoms with van der Waals surface area (Å²) in [4.78, 5) is 18.7. The molecule has 3 N–H and O–H groups in total. The molecule has 11 nitrogen and oxygen atoms in total. The van der Waals surface area contributed by atoms with E-state index in [4.69, 9.17) is 9.47 Å². The minimum Gasteiger partial charge on any atom is -0.444 e. The van der Waals surface area contributed by atoms with Crippen LogP contribution >= 0.6 is 0 Å². The first-order chi connectivity index (χ1) is 14.2. The SMILES string of the molecule is Cc1nnc(CN=C(NCCNC(=O)OC(C)(C)C)NCCN2CCOCC2)n1C. The van der Waals surface area contributed by atoms with Gasteiger partial charge in [-0.2, -0.15) is 0 Å². The van der Waals surface area contributed by atoms with Gasteiger partial charge in [0.05, 0.1) is 13.2 Å². The van der Waals surface area contributed by atoms with Crippen molar-refractivity contribution in [2.75, 3.05) is 52.5 Å². The second-order valence-corrected chi connectivity index (χ2v) is 8.12. The Morgan fingerprint density at radius 1 is 1.13 bits per heavy atom. The van der Waals surface area contributed by atoms with Gasteiger partial charge in [-0.1, -0.05) is 0 Å². The van der Waals surface area contributed by atoms with Crippen molar-refractivity contribution in [1.82, 2.24) is 35.6 Å². The predicted molar refractivity (Wildman–Crippen MR) is 114 cm³/mol. The molecule has 0 bridgehead atoms. The summed E-state index contributed by atoms with van der Waals surface area (Å²) < 4.78 is 12.5. The lowest BCUT2D eigenvalue weighted by atomic mass is 10.2. The molecule has 30 heavy (non-hydrogen) atoms. The Kier molecular flexibility index (Phi) is 9.31. The third kappa shape index (κ3) is 8.95. The van der Waals surface area contributed by atoms with Crippen LogP contribution in [-0.2, 0) is 23.1 Å². The maximum atomic E-state index is 11.8. The number of amides is 1. The van der Waals surface area contributed by atoms with Crippen molar-refractivity contribution in [3.8, 4) is 0 Å². The molecule has 170 valence electrons. The van der Waals surface area contributed by atoms with E-state index >= 15 is 0 Å². The fourth-order valence-corrected chi connectivity index (χ4v) is 2.73. The summed E-state index contributed by atoms with van der Waals surface area (Å²) in [5.74, 6) is 2.29. The number of aromatic nitrogens is 3. The molecule has 0 aliphatic carbocycles. The van der Waals surface area contributed by atoms with Crippen molar-refractivity contribution in [2.45, 2.75) is 39.8 Å². The predicted octanol–water partition coefficient (Wildman–Crippen LogP) is 0.0156. The Morgan fingerprint density at radius 3 is 2.43 bits per heavy atom. The van der Waals surface area contributed by atoms with Crippen LogP contribution in [-0.4, -0.2) is 89.8 Å². The Morgan fingerprint density at radius 2 is 1.80 bits per heavy atom. The van der Waals surface area contributed by atoms with Crippen LogP contribution in [0.25, 0.3) is 0 Å². The average molecular weight is 425 g/mol. The molecule has 0 radical (unpaired) electrons. The molecule has 2 rings (SSSR count). The second kappa shape index (κ2) is 11.7. The molecule has 0 spiro atoms. The lowest BCUT2D eigenvalue weighted by Gasteiger charge is -2.26. The van der Waals surface area contributed by atoms with Crippen molar-refractivity contribution >= 4 is 12.1 Å². The zero-order valence-corrected chi connectivity index (χ0v) is 18.8. The number of carbonyl (C=O) groups excluding carboxylic acids is 1. The largest absolute Gasteiger partial charge is 0.444 e. The number of aryl methyl sites for hydroxylation is 1. The van der Waals surface area contributed by atoms with Gasteiger partial charge in [-0.3, -0.25) is 4.90 Å². The first-order valence-corrected chi connectivity index (χ1v) is 10.4. The van der Waals surface area contributed by atoms with Gasteiger partial charge in [-0.05, 0) is 27.7 Å². The number of ether oxygens (including phenoxy) is 2. The fraction of sp³-hybridized carbons (Fsp3) is 0.789. The van der Waals surface area contributed by atoms with Gasteiger partial charge in [0.2, 0.25) is 0 Å². The monoisotopic (exact) mass is 424 g/mol. The van der Waals surface area contributed by atoms with Gasteiger partial charge in [-0.25, -0.2) is 9.79 Å². The van der Waals surface area contributed by atoms with E-state index in [-0.39, 0.29) is 0 Å². The number of rotatable bonds is 8. The van der Waals surface area contributed by atoms with Crippen LogP contribution in [0.15, 0.2) is 4.99 Å². The number of alkyl carbamates (subject to hydrolysis) is 1. The van der Waals surface area contributed by atoms with Crippen LogP contribution in [0.5, 0.6) is 0 Å². The molecule has 1 saturated heterocycles. The third-order valence-corrected chi connectivity index (χ3v) is 4.47. The van der Waals surface area contributed by atoms with Crippen LogP contribution in [0.1, 0.15) is 32.4 Å². The third-order valence-electron chi connectivity index (χ3n) is 4.47. The number of nitrogens with zero attached hydrogens (tertiary/aromatic N) is 5. The molecule has 2 heterocycles. The summed E-state index contributed by atoms with van der Waals surface area (Å²) in [5.41, 5.74) is -0.514. The van der Waals surface area contributed by atoms with Crippen molar-refractivity contribution in [3.05, 3.63) is 11.6 Å². The molecule has 1 aliphatic rings. The van der Waals surface area contributed by atoms with Crippen LogP contribution in [0.3, 0.4) is 0 Å². The molecule has 1 aromatic rings. The van der Waals surface area contributed by atoms with Crippen LogP contribution in [0.4, 0.5) is 4.79 Å².